The molecule has 0 aliphatic carbocycles. The molecular formula is C12H20N4O. The Hall–Kier alpha value is -1.07. The molecule has 2 N–H and O–H groups in total. The second kappa shape index (κ2) is 4.31. The molecule has 0 bridgehead atoms. The van der Waals surface area contributed by atoms with Crippen LogP contribution in [0.15, 0.2) is 4.79 Å². The summed E-state index contributed by atoms with van der Waals surface area (Å²) in [5, 5.41) is 6.67. The zero-order valence-corrected chi connectivity index (χ0v) is 10.3. The number of H-pyrrole nitrogens is 1. The van der Waals surface area contributed by atoms with Crippen LogP contribution in [0.2, 0.25) is 0 Å². The number of fused-ring (bicyclic) bond motifs is 1. The smallest absolute Gasteiger partial charge is 0.270 e. The molecule has 1 aromatic heterocycles. The number of hydrogen-bond donors (Lipinski definition) is 2. The molecule has 0 spiro atoms. The first-order valence-corrected chi connectivity index (χ1v) is 6.47. The van der Waals surface area contributed by atoms with Crippen LogP contribution >= 0.6 is 0 Å². The fourth-order valence-electron chi connectivity index (χ4n) is 2.90. The van der Waals surface area contributed by atoms with Gasteiger partial charge in [0.05, 0.1) is 11.7 Å². The van der Waals surface area contributed by atoms with Crippen LogP contribution in [0.1, 0.15) is 30.1 Å². The van der Waals surface area contributed by atoms with Gasteiger partial charge >= 0.3 is 0 Å². The molecule has 3 rings (SSSR count). The van der Waals surface area contributed by atoms with Gasteiger partial charge in [-0.05, 0) is 39.4 Å². The quantitative estimate of drug-likeness (QED) is 0.726. The predicted octanol–water partition coefficient (Wildman–Crippen LogP) is 0.0888. The molecule has 0 amide bonds. The summed E-state index contributed by atoms with van der Waals surface area (Å²) in [6.07, 6.45) is 2.99. The number of piperidine rings is 1. The van der Waals surface area contributed by atoms with Gasteiger partial charge in [-0.2, -0.15) is 0 Å². The van der Waals surface area contributed by atoms with Gasteiger partial charge < -0.3 is 10.2 Å². The van der Waals surface area contributed by atoms with Crippen molar-refractivity contribution < 1.29 is 0 Å². The van der Waals surface area contributed by atoms with E-state index < -0.39 is 0 Å². The SMILES string of the molecule is CN1CCc2c([nH]n(C3CCNCC3)c2=O)C1. The van der Waals surface area contributed by atoms with Crippen LogP contribution in [0, 0.1) is 0 Å². The third-order valence-electron chi connectivity index (χ3n) is 3.94. The fourth-order valence-corrected chi connectivity index (χ4v) is 2.90. The Labute approximate surface area is 101 Å². The van der Waals surface area contributed by atoms with Crippen LogP contribution in [0.3, 0.4) is 0 Å². The van der Waals surface area contributed by atoms with Gasteiger partial charge in [-0.1, -0.05) is 0 Å². The van der Waals surface area contributed by atoms with E-state index in [1.807, 2.05) is 4.68 Å². The van der Waals surface area contributed by atoms with Gasteiger partial charge in [-0.15, -0.1) is 0 Å². The lowest BCUT2D eigenvalue weighted by Gasteiger charge is -2.23. The molecule has 17 heavy (non-hydrogen) atoms. The van der Waals surface area contributed by atoms with Gasteiger partial charge in [0.2, 0.25) is 0 Å². The van der Waals surface area contributed by atoms with Crippen LogP contribution in [-0.2, 0) is 13.0 Å². The van der Waals surface area contributed by atoms with Crippen LogP contribution in [0.25, 0.3) is 0 Å². The summed E-state index contributed by atoms with van der Waals surface area (Å²) in [5.74, 6) is 0. The van der Waals surface area contributed by atoms with Crippen molar-refractivity contribution in [1.82, 2.24) is 20.0 Å². The molecule has 3 heterocycles. The van der Waals surface area contributed by atoms with Gasteiger partial charge in [0.25, 0.3) is 5.56 Å². The van der Waals surface area contributed by atoms with E-state index in [0.29, 0.717) is 6.04 Å². The Bertz CT molecular complexity index is 456. The average molecular weight is 236 g/mol. The second-order valence-corrected chi connectivity index (χ2v) is 5.21. The molecule has 5 nitrogen and oxygen atoms in total. The molecule has 1 saturated heterocycles. The summed E-state index contributed by atoms with van der Waals surface area (Å²) in [5.41, 5.74) is 2.36. The third kappa shape index (κ3) is 1.93. The minimum atomic E-state index is 0.222. The molecule has 0 saturated carbocycles. The number of rotatable bonds is 1. The van der Waals surface area contributed by atoms with E-state index in [4.69, 9.17) is 0 Å². The highest BCUT2D eigenvalue weighted by Gasteiger charge is 2.24. The maximum Gasteiger partial charge on any atom is 0.270 e. The zero-order chi connectivity index (χ0) is 11.8. The summed E-state index contributed by atoms with van der Waals surface area (Å²) in [6.45, 7) is 3.90. The summed E-state index contributed by atoms with van der Waals surface area (Å²) >= 11 is 0. The number of likely N-dealkylation sites (N-methyl/N-ethyl adjacent to an activating group) is 1. The largest absolute Gasteiger partial charge is 0.317 e. The lowest BCUT2D eigenvalue weighted by Crippen LogP contribution is -2.34. The normalized spacial score (nSPS) is 22.6. The minimum Gasteiger partial charge on any atom is -0.317 e. The van der Waals surface area contributed by atoms with E-state index in [1.54, 1.807) is 0 Å². The van der Waals surface area contributed by atoms with Crippen molar-refractivity contribution in [3.05, 3.63) is 21.6 Å². The standard InChI is InChI=1S/C12H20N4O/c1-15-7-4-10-11(8-15)14-16(12(10)17)9-2-5-13-6-3-9/h9,13-14H,2-8H2,1H3. The highest BCUT2D eigenvalue weighted by Crippen LogP contribution is 2.19. The van der Waals surface area contributed by atoms with E-state index >= 15 is 0 Å². The molecule has 5 heteroatoms. The molecule has 1 fully saturated rings. The average Bonchev–Trinajstić information content (AvgIpc) is 2.67. The van der Waals surface area contributed by atoms with E-state index in [0.717, 1.165) is 56.7 Å². The maximum absolute atomic E-state index is 12.3. The molecule has 0 atom stereocenters. The first-order valence-electron chi connectivity index (χ1n) is 6.47. The highest BCUT2D eigenvalue weighted by molar-refractivity contribution is 5.20. The molecule has 2 aliphatic heterocycles. The second-order valence-electron chi connectivity index (χ2n) is 5.21. The molecule has 2 aliphatic rings. The Balaban J connectivity index is 1.93. The number of aromatic nitrogens is 2. The first kappa shape index (κ1) is 11.0. The van der Waals surface area contributed by atoms with Crippen molar-refractivity contribution in [2.75, 3.05) is 26.7 Å². The van der Waals surface area contributed by atoms with Crippen molar-refractivity contribution in [3.8, 4) is 0 Å². The lowest BCUT2D eigenvalue weighted by atomic mass is 10.1. The van der Waals surface area contributed by atoms with Crippen LogP contribution in [0.4, 0.5) is 0 Å². The molecule has 0 unspecified atom stereocenters. The fraction of sp³-hybridized carbons (Fsp3) is 0.750. The summed E-state index contributed by atoms with van der Waals surface area (Å²) in [6, 6.07) is 0.361. The number of aromatic amines is 1. The van der Waals surface area contributed by atoms with Crippen molar-refractivity contribution >= 4 is 0 Å². The number of hydrogen-bond acceptors (Lipinski definition) is 3. The van der Waals surface area contributed by atoms with Crippen LogP contribution in [-0.4, -0.2) is 41.4 Å². The van der Waals surface area contributed by atoms with Gasteiger partial charge in [-0.3, -0.25) is 9.89 Å². The van der Waals surface area contributed by atoms with Crippen molar-refractivity contribution in [2.24, 2.45) is 0 Å². The topological polar surface area (TPSA) is 53.1 Å². The molecule has 0 aromatic carbocycles. The Morgan fingerprint density at radius 2 is 2.06 bits per heavy atom. The van der Waals surface area contributed by atoms with E-state index in [9.17, 15) is 4.79 Å². The third-order valence-corrected chi connectivity index (χ3v) is 3.94. The molecule has 1 aromatic rings. The van der Waals surface area contributed by atoms with Gasteiger partial charge in [0.15, 0.2) is 0 Å². The molecular weight excluding hydrogens is 216 g/mol. The van der Waals surface area contributed by atoms with Crippen LogP contribution in [0.5, 0.6) is 0 Å². The predicted molar refractivity (Wildman–Crippen MR) is 66.2 cm³/mol. The van der Waals surface area contributed by atoms with Gasteiger partial charge in [0, 0.05) is 18.7 Å². The monoisotopic (exact) mass is 236 g/mol. The van der Waals surface area contributed by atoms with Crippen molar-refractivity contribution in [3.63, 3.8) is 0 Å². The molecule has 0 radical (unpaired) electrons. The van der Waals surface area contributed by atoms with E-state index in [-0.39, 0.29) is 5.56 Å². The summed E-state index contributed by atoms with van der Waals surface area (Å²) in [4.78, 5) is 14.6. The van der Waals surface area contributed by atoms with E-state index in [1.165, 1.54) is 0 Å². The van der Waals surface area contributed by atoms with Gasteiger partial charge in [0.1, 0.15) is 0 Å². The first-order chi connectivity index (χ1) is 8.25. The Morgan fingerprint density at radius 3 is 2.82 bits per heavy atom. The summed E-state index contributed by atoms with van der Waals surface area (Å²) < 4.78 is 1.88. The Morgan fingerprint density at radius 1 is 1.29 bits per heavy atom. The summed E-state index contributed by atoms with van der Waals surface area (Å²) in [7, 11) is 2.10. The van der Waals surface area contributed by atoms with Crippen molar-refractivity contribution in [1.29, 1.82) is 0 Å². The Kier molecular flexibility index (Phi) is 2.80. The molecule has 94 valence electrons. The minimum absolute atomic E-state index is 0.222. The highest BCUT2D eigenvalue weighted by atomic mass is 16.1. The lowest BCUT2D eigenvalue weighted by molar-refractivity contribution is 0.303. The van der Waals surface area contributed by atoms with E-state index in [2.05, 4.69) is 22.4 Å². The number of nitrogens with zero attached hydrogens (tertiary/aromatic N) is 2. The number of nitrogens with one attached hydrogen (secondary N) is 2. The van der Waals surface area contributed by atoms with Crippen LogP contribution < -0.4 is 10.9 Å². The van der Waals surface area contributed by atoms with Gasteiger partial charge in [-0.25, -0.2) is 4.68 Å². The van der Waals surface area contributed by atoms with Crippen molar-refractivity contribution in [2.45, 2.75) is 31.8 Å². The zero-order valence-electron chi connectivity index (χ0n) is 10.3. The maximum atomic E-state index is 12.3.